The van der Waals surface area contributed by atoms with Crippen LogP contribution in [0.2, 0.25) is 0 Å². The van der Waals surface area contributed by atoms with Crippen molar-refractivity contribution in [1.82, 2.24) is 0 Å². The van der Waals surface area contributed by atoms with Gasteiger partial charge in [-0.25, -0.2) is 8.42 Å². The fraction of sp³-hybridized carbons (Fsp3) is 0.208. The van der Waals surface area contributed by atoms with E-state index in [0.717, 1.165) is 34.4 Å². The lowest BCUT2D eigenvalue weighted by atomic mass is 9.99. The maximum absolute atomic E-state index is 13.4. The molecule has 0 radical (unpaired) electrons. The number of aryl methyl sites for hydroxylation is 3. The number of anilines is 2. The normalized spacial score (nSPS) is 14.0. The summed E-state index contributed by atoms with van der Waals surface area (Å²) in [5.41, 5.74) is 5.74. The third kappa shape index (κ3) is 3.37. The summed E-state index contributed by atoms with van der Waals surface area (Å²) in [4.78, 5) is 13.1. The summed E-state index contributed by atoms with van der Waals surface area (Å²) >= 11 is 0. The average molecular weight is 421 g/mol. The Morgan fingerprint density at radius 2 is 1.63 bits per heavy atom. The summed E-state index contributed by atoms with van der Waals surface area (Å²) in [5, 5.41) is 2.90. The van der Waals surface area contributed by atoms with Crippen LogP contribution in [0, 0.1) is 13.8 Å². The molecule has 1 heterocycles. The molecule has 0 bridgehead atoms. The van der Waals surface area contributed by atoms with Crippen LogP contribution in [-0.2, 0) is 21.2 Å². The quantitative estimate of drug-likeness (QED) is 0.666. The molecule has 0 atom stereocenters. The molecule has 6 heteroatoms. The number of hydrogen-bond acceptors (Lipinski definition) is 3. The zero-order valence-corrected chi connectivity index (χ0v) is 18.1. The van der Waals surface area contributed by atoms with Crippen LogP contribution in [0.15, 0.2) is 65.6 Å². The molecule has 0 saturated heterocycles. The van der Waals surface area contributed by atoms with E-state index in [2.05, 4.69) is 12.2 Å². The van der Waals surface area contributed by atoms with Gasteiger partial charge < -0.3 is 5.32 Å². The lowest BCUT2D eigenvalue weighted by Crippen LogP contribution is -2.40. The molecule has 0 fully saturated rings. The lowest BCUT2D eigenvalue weighted by Gasteiger charge is -2.32. The second kappa shape index (κ2) is 7.61. The molecule has 1 aliphatic rings. The van der Waals surface area contributed by atoms with Crippen LogP contribution in [0.25, 0.3) is 11.1 Å². The van der Waals surface area contributed by atoms with Crippen LogP contribution in [0.5, 0.6) is 0 Å². The third-order valence-electron chi connectivity index (χ3n) is 5.52. The molecular weight excluding hydrogens is 396 g/mol. The summed E-state index contributed by atoms with van der Waals surface area (Å²) in [6, 6.07) is 18.4. The van der Waals surface area contributed by atoms with E-state index in [1.807, 2.05) is 56.3 Å². The largest absolute Gasteiger partial charge is 0.324 e. The average Bonchev–Trinajstić information content (AvgIpc) is 2.73. The number of rotatable bonds is 4. The molecule has 30 heavy (non-hydrogen) atoms. The maximum Gasteiger partial charge on any atom is 0.265 e. The number of fused-ring (bicyclic) bond motifs is 3. The van der Waals surface area contributed by atoms with E-state index >= 15 is 0 Å². The van der Waals surface area contributed by atoms with Crippen molar-refractivity contribution in [1.29, 1.82) is 0 Å². The highest BCUT2D eigenvalue weighted by Crippen LogP contribution is 2.43. The molecule has 3 aromatic rings. The first-order valence-electron chi connectivity index (χ1n) is 9.94. The van der Waals surface area contributed by atoms with Crippen molar-refractivity contribution in [3.8, 4) is 11.1 Å². The van der Waals surface area contributed by atoms with Crippen molar-refractivity contribution in [2.75, 3.05) is 16.2 Å². The highest BCUT2D eigenvalue weighted by atomic mass is 32.2. The van der Waals surface area contributed by atoms with Gasteiger partial charge in [0, 0.05) is 16.8 Å². The number of nitrogens with zero attached hydrogens (tertiary/aromatic N) is 1. The van der Waals surface area contributed by atoms with Gasteiger partial charge in [-0.3, -0.25) is 9.10 Å². The minimum atomic E-state index is -3.85. The summed E-state index contributed by atoms with van der Waals surface area (Å²) in [5.74, 6) is -0.374. The van der Waals surface area contributed by atoms with Crippen molar-refractivity contribution in [3.63, 3.8) is 0 Å². The van der Waals surface area contributed by atoms with Crippen LogP contribution >= 0.6 is 0 Å². The number of nitrogens with one attached hydrogen (secondary N) is 1. The van der Waals surface area contributed by atoms with E-state index in [9.17, 15) is 13.2 Å². The monoisotopic (exact) mass is 420 g/mol. The Labute approximate surface area is 177 Å². The van der Waals surface area contributed by atoms with E-state index in [4.69, 9.17) is 0 Å². The Morgan fingerprint density at radius 3 is 2.33 bits per heavy atom. The highest BCUT2D eigenvalue weighted by Gasteiger charge is 2.36. The Bertz CT molecular complexity index is 1230. The molecule has 0 saturated carbocycles. The summed E-state index contributed by atoms with van der Waals surface area (Å²) in [6.07, 6.45) is 0.843. The molecule has 1 aliphatic heterocycles. The Hall–Kier alpha value is -3.12. The van der Waals surface area contributed by atoms with Gasteiger partial charge in [0.15, 0.2) is 0 Å². The summed E-state index contributed by atoms with van der Waals surface area (Å²) in [6.45, 7) is 5.60. The van der Waals surface area contributed by atoms with Crippen LogP contribution in [0.3, 0.4) is 0 Å². The smallest absolute Gasteiger partial charge is 0.265 e. The second-order valence-electron chi connectivity index (χ2n) is 7.53. The van der Waals surface area contributed by atoms with E-state index in [1.54, 1.807) is 18.2 Å². The summed E-state index contributed by atoms with van der Waals surface area (Å²) < 4.78 is 28.0. The third-order valence-corrected chi connectivity index (χ3v) is 7.33. The molecule has 0 unspecified atom stereocenters. The number of benzene rings is 3. The molecule has 1 N–H and O–H groups in total. The van der Waals surface area contributed by atoms with Gasteiger partial charge in [0.05, 0.1) is 10.6 Å². The van der Waals surface area contributed by atoms with Crippen LogP contribution in [0.1, 0.15) is 23.6 Å². The van der Waals surface area contributed by atoms with Crippen LogP contribution < -0.4 is 9.62 Å². The minimum absolute atomic E-state index is 0.227. The second-order valence-corrected chi connectivity index (χ2v) is 9.36. The summed E-state index contributed by atoms with van der Waals surface area (Å²) in [7, 11) is -3.85. The van der Waals surface area contributed by atoms with Gasteiger partial charge in [-0.2, -0.15) is 0 Å². The maximum atomic E-state index is 13.4. The van der Waals surface area contributed by atoms with Crippen LogP contribution in [-0.4, -0.2) is 20.9 Å². The van der Waals surface area contributed by atoms with E-state index in [1.165, 1.54) is 4.31 Å². The van der Waals surface area contributed by atoms with E-state index < -0.39 is 10.0 Å². The molecule has 0 aromatic heterocycles. The van der Waals surface area contributed by atoms with Gasteiger partial charge in [0.1, 0.15) is 6.54 Å². The number of sulfonamides is 1. The Kier molecular flexibility index (Phi) is 5.12. The number of carbonyl (C=O) groups excluding carboxylic acids is 1. The highest BCUT2D eigenvalue weighted by molar-refractivity contribution is 7.93. The zero-order chi connectivity index (χ0) is 21.5. The molecule has 0 aliphatic carbocycles. The molecule has 0 spiro atoms. The first kappa shape index (κ1) is 20.2. The number of amides is 1. The van der Waals surface area contributed by atoms with Crippen molar-refractivity contribution in [2.24, 2.45) is 0 Å². The van der Waals surface area contributed by atoms with Crippen molar-refractivity contribution in [2.45, 2.75) is 32.1 Å². The molecule has 3 aromatic carbocycles. The minimum Gasteiger partial charge on any atom is -0.324 e. The van der Waals surface area contributed by atoms with Gasteiger partial charge in [-0.1, -0.05) is 49.4 Å². The van der Waals surface area contributed by atoms with Gasteiger partial charge in [0.25, 0.3) is 10.0 Å². The zero-order valence-electron chi connectivity index (χ0n) is 17.3. The topological polar surface area (TPSA) is 66.5 Å². The predicted octanol–water partition coefficient (Wildman–Crippen LogP) is 4.68. The standard InChI is InChI=1S/C24H24N2O3S/c1-4-18-12-13-21-20(14-18)19-10-5-6-11-22(19)30(28,29)26(21)15-23(27)25-24-16(2)8-7-9-17(24)3/h5-14H,4,15H2,1-3H3,(H,25,27). The van der Waals surface area contributed by atoms with Crippen molar-refractivity contribution < 1.29 is 13.2 Å². The van der Waals surface area contributed by atoms with Gasteiger partial charge in [-0.15, -0.1) is 0 Å². The Balaban J connectivity index is 1.76. The molecular formula is C24H24N2O3S. The molecule has 4 rings (SSSR count). The number of hydrogen-bond donors (Lipinski definition) is 1. The fourth-order valence-electron chi connectivity index (χ4n) is 3.89. The fourth-order valence-corrected chi connectivity index (χ4v) is 5.54. The van der Waals surface area contributed by atoms with E-state index in [-0.39, 0.29) is 17.3 Å². The molecule has 5 nitrogen and oxygen atoms in total. The van der Waals surface area contributed by atoms with Crippen molar-refractivity contribution in [3.05, 3.63) is 77.4 Å². The molecule has 154 valence electrons. The first-order chi connectivity index (χ1) is 14.3. The van der Waals surface area contributed by atoms with Gasteiger partial charge >= 0.3 is 0 Å². The van der Waals surface area contributed by atoms with Gasteiger partial charge in [-0.05, 0) is 55.2 Å². The lowest BCUT2D eigenvalue weighted by molar-refractivity contribution is -0.114. The van der Waals surface area contributed by atoms with E-state index in [0.29, 0.717) is 11.3 Å². The number of para-hydroxylation sites is 1. The number of carbonyl (C=O) groups is 1. The van der Waals surface area contributed by atoms with Gasteiger partial charge in [0.2, 0.25) is 5.91 Å². The molecule has 1 amide bonds. The SMILES string of the molecule is CCc1ccc2c(c1)-c1ccccc1S(=O)(=O)N2CC(=O)Nc1c(C)cccc1C. The first-order valence-corrected chi connectivity index (χ1v) is 11.4. The Morgan fingerprint density at radius 1 is 0.933 bits per heavy atom. The van der Waals surface area contributed by atoms with Crippen LogP contribution in [0.4, 0.5) is 11.4 Å². The van der Waals surface area contributed by atoms with Crippen molar-refractivity contribution >= 4 is 27.3 Å². The predicted molar refractivity (Wildman–Crippen MR) is 120 cm³/mol.